The van der Waals surface area contributed by atoms with Gasteiger partial charge in [-0.2, -0.15) is 0 Å². The van der Waals surface area contributed by atoms with Crippen molar-refractivity contribution in [2.24, 2.45) is 46.3 Å². The summed E-state index contributed by atoms with van der Waals surface area (Å²) in [4.78, 5) is 12.6. The van der Waals surface area contributed by atoms with Gasteiger partial charge in [-0.15, -0.1) is 0 Å². The van der Waals surface area contributed by atoms with E-state index in [0.717, 1.165) is 49.0 Å². The highest BCUT2D eigenvalue weighted by molar-refractivity contribution is 5.89. The maximum atomic E-state index is 12.6. The van der Waals surface area contributed by atoms with Crippen LogP contribution in [0.5, 0.6) is 0 Å². The Morgan fingerprint density at radius 1 is 1.00 bits per heavy atom. The third-order valence-corrected chi connectivity index (χ3v) is 11.1. The summed E-state index contributed by atoms with van der Waals surface area (Å²) in [6, 6.07) is 0. The molecular formula is C29H44O3. The lowest BCUT2D eigenvalue weighted by Gasteiger charge is -2.58. The number of cyclic esters (lactones) is 1. The number of esters is 1. The monoisotopic (exact) mass is 440 g/mol. The van der Waals surface area contributed by atoms with Crippen molar-refractivity contribution in [1.82, 2.24) is 0 Å². The van der Waals surface area contributed by atoms with Gasteiger partial charge in [0.15, 0.2) is 0 Å². The van der Waals surface area contributed by atoms with Crippen molar-refractivity contribution in [3.8, 4) is 0 Å². The molecule has 3 nitrogen and oxygen atoms in total. The largest absolute Gasteiger partial charge is 0.458 e. The van der Waals surface area contributed by atoms with Crippen molar-refractivity contribution >= 4 is 5.97 Å². The maximum Gasteiger partial charge on any atom is 0.334 e. The van der Waals surface area contributed by atoms with Crippen LogP contribution in [0.3, 0.4) is 0 Å². The molecule has 0 saturated heterocycles. The summed E-state index contributed by atoms with van der Waals surface area (Å²) in [7, 11) is 0. The van der Waals surface area contributed by atoms with E-state index in [9.17, 15) is 9.90 Å². The van der Waals surface area contributed by atoms with Gasteiger partial charge in [-0.3, -0.25) is 0 Å². The first kappa shape index (κ1) is 22.7. The van der Waals surface area contributed by atoms with Crippen LogP contribution < -0.4 is 0 Å². The van der Waals surface area contributed by atoms with E-state index < -0.39 is 0 Å². The highest BCUT2D eigenvalue weighted by Gasteiger charge is 2.59. The first-order chi connectivity index (χ1) is 15.1. The number of hydrogen-bond donors (Lipinski definition) is 1. The Morgan fingerprint density at radius 2 is 1.78 bits per heavy atom. The molecule has 4 aliphatic carbocycles. The van der Waals surface area contributed by atoms with E-state index in [4.69, 9.17) is 4.74 Å². The van der Waals surface area contributed by atoms with Crippen LogP contribution in [-0.4, -0.2) is 23.3 Å². The lowest BCUT2D eigenvalue weighted by Crippen LogP contribution is -2.51. The van der Waals surface area contributed by atoms with Crippen molar-refractivity contribution in [2.75, 3.05) is 0 Å². The molecule has 1 aliphatic heterocycles. The average Bonchev–Trinajstić information content (AvgIpc) is 3.10. The quantitative estimate of drug-likeness (QED) is 0.405. The van der Waals surface area contributed by atoms with Crippen molar-refractivity contribution in [3.63, 3.8) is 0 Å². The predicted molar refractivity (Wildman–Crippen MR) is 128 cm³/mol. The van der Waals surface area contributed by atoms with E-state index >= 15 is 0 Å². The van der Waals surface area contributed by atoms with Crippen LogP contribution in [0.25, 0.3) is 0 Å². The molecule has 0 bridgehead atoms. The topological polar surface area (TPSA) is 46.5 Å². The van der Waals surface area contributed by atoms with E-state index in [0.29, 0.717) is 22.7 Å². The van der Waals surface area contributed by atoms with E-state index in [-0.39, 0.29) is 24.1 Å². The summed E-state index contributed by atoms with van der Waals surface area (Å²) in [5.41, 5.74) is 3.10. The summed E-state index contributed by atoms with van der Waals surface area (Å²) in [5.74, 6) is 3.59. The van der Waals surface area contributed by atoms with Crippen LogP contribution in [0.4, 0.5) is 0 Å². The number of aliphatic hydroxyl groups excluding tert-OH is 1. The minimum atomic E-state index is -0.125. The zero-order valence-corrected chi connectivity index (χ0v) is 20.9. The molecule has 0 aromatic rings. The Labute approximate surface area is 195 Å². The minimum Gasteiger partial charge on any atom is -0.458 e. The summed E-state index contributed by atoms with van der Waals surface area (Å²) < 4.78 is 6.02. The Balaban J connectivity index is 1.35. The van der Waals surface area contributed by atoms with Gasteiger partial charge in [0.05, 0.1) is 6.10 Å². The smallest absolute Gasteiger partial charge is 0.334 e. The number of aliphatic hydroxyl groups is 1. The number of allylic oxidation sites excluding steroid dienone is 1. The van der Waals surface area contributed by atoms with E-state index in [2.05, 4.69) is 46.8 Å². The van der Waals surface area contributed by atoms with Crippen LogP contribution >= 0.6 is 0 Å². The van der Waals surface area contributed by atoms with Gasteiger partial charge in [0.25, 0.3) is 0 Å². The molecule has 3 fully saturated rings. The van der Waals surface area contributed by atoms with Crippen LogP contribution in [0.2, 0.25) is 0 Å². The molecule has 0 aromatic carbocycles. The predicted octanol–water partition coefficient (Wildman–Crippen LogP) is 6.46. The highest BCUT2D eigenvalue weighted by atomic mass is 16.5. The molecule has 9 atom stereocenters. The standard InChI is InChI=1S/C29H44O3/c1-17(2)21-8-11-26(32-27(21)31)18(3)23-9-10-24-22-7-6-19-16-20(30)12-14-28(19,4)25(22)13-15-29(23,24)5/h6,8,17-18,20,22-26,30H,7,9-16H2,1-5H3/t18-,20-,22-,23+,24-,25-,26+,28-,29+/m0/s1. The zero-order valence-electron chi connectivity index (χ0n) is 20.9. The van der Waals surface area contributed by atoms with Crippen molar-refractivity contribution < 1.29 is 14.6 Å². The van der Waals surface area contributed by atoms with Crippen LogP contribution in [0.15, 0.2) is 23.3 Å². The van der Waals surface area contributed by atoms with E-state index in [1.807, 2.05) is 0 Å². The molecule has 1 heterocycles. The maximum absolute atomic E-state index is 12.6. The Bertz CT molecular complexity index is 824. The Kier molecular flexibility index (Phi) is 5.67. The fourth-order valence-electron chi connectivity index (χ4n) is 9.18. The average molecular weight is 441 g/mol. The van der Waals surface area contributed by atoms with Crippen LogP contribution in [0.1, 0.15) is 92.4 Å². The third-order valence-electron chi connectivity index (χ3n) is 11.1. The summed E-state index contributed by atoms with van der Waals surface area (Å²) in [5, 5.41) is 10.3. The first-order valence-electron chi connectivity index (χ1n) is 13.4. The molecule has 0 spiro atoms. The van der Waals surface area contributed by atoms with Gasteiger partial charge in [0, 0.05) is 12.0 Å². The summed E-state index contributed by atoms with van der Waals surface area (Å²) >= 11 is 0. The van der Waals surface area contributed by atoms with Gasteiger partial charge < -0.3 is 9.84 Å². The lowest BCUT2D eigenvalue weighted by molar-refractivity contribution is -0.152. The first-order valence-corrected chi connectivity index (χ1v) is 13.4. The van der Waals surface area contributed by atoms with Gasteiger partial charge in [-0.05, 0) is 97.7 Å². The molecule has 32 heavy (non-hydrogen) atoms. The highest BCUT2D eigenvalue weighted by Crippen LogP contribution is 2.67. The fourth-order valence-corrected chi connectivity index (χ4v) is 9.18. The molecule has 0 amide bonds. The second-order valence-electron chi connectivity index (χ2n) is 12.7. The number of rotatable bonds is 3. The van der Waals surface area contributed by atoms with Gasteiger partial charge in [0.2, 0.25) is 0 Å². The van der Waals surface area contributed by atoms with Gasteiger partial charge in [0.1, 0.15) is 6.10 Å². The molecule has 0 unspecified atom stereocenters. The SMILES string of the molecule is CC(C)C1=CC[C@H]([C@@H](C)[C@H]2CC[C@H]3[C@@H]4CC=C5C[C@@H](O)CC[C@]5(C)[C@H]4CC[C@]23C)OC1=O. The summed E-state index contributed by atoms with van der Waals surface area (Å²) in [6.45, 7) is 11.6. The van der Waals surface area contributed by atoms with Gasteiger partial charge in [-0.25, -0.2) is 4.79 Å². The summed E-state index contributed by atoms with van der Waals surface area (Å²) in [6.07, 6.45) is 15.0. The number of fused-ring (bicyclic) bond motifs is 5. The molecule has 3 saturated carbocycles. The third kappa shape index (κ3) is 3.36. The Morgan fingerprint density at radius 3 is 2.50 bits per heavy atom. The molecule has 5 rings (SSSR count). The fraction of sp³-hybridized carbons (Fsp3) is 0.828. The molecular weight excluding hydrogens is 396 g/mol. The number of ether oxygens (including phenoxy) is 1. The molecule has 1 N–H and O–H groups in total. The van der Waals surface area contributed by atoms with Crippen molar-refractivity contribution in [3.05, 3.63) is 23.3 Å². The number of carbonyl (C=O) groups is 1. The molecule has 178 valence electrons. The lowest BCUT2D eigenvalue weighted by atomic mass is 9.47. The second kappa shape index (κ2) is 8.00. The normalized spacial score (nSPS) is 47.0. The van der Waals surface area contributed by atoms with E-state index in [1.165, 1.54) is 32.1 Å². The van der Waals surface area contributed by atoms with E-state index in [1.54, 1.807) is 5.57 Å². The van der Waals surface area contributed by atoms with Crippen LogP contribution in [-0.2, 0) is 9.53 Å². The van der Waals surface area contributed by atoms with Crippen LogP contribution in [0, 0.1) is 46.3 Å². The number of carbonyl (C=O) groups excluding carboxylic acids is 1. The minimum absolute atomic E-state index is 0.0403. The molecule has 0 radical (unpaired) electrons. The molecule has 3 heteroatoms. The van der Waals surface area contributed by atoms with Crippen molar-refractivity contribution in [2.45, 2.75) is 105 Å². The molecule has 0 aromatic heterocycles. The van der Waals surface area contributed by atoms with Gasteiger partial charge >= 0.3 is 5.97 Å². The number of hydrogen-bond acceptors (Lipinski definition) is 3. The van der Waals surface area contributed by atoms with Crippen molar-refractivity contribution in [1.29, 1.82) is 0 Å². The Hall–Kier alpha value is -1.09. The zero-order chi connectivity index (χ0) is 22.8. The second-order valence-corrected chi connectivity index (χ2v) is 12.7. The van der Waals surface area contributed by atoms with Gasteiger partial charge in [-0.1, -0.05) is 52.3 Å². The molecule has 5 aliphatic rings.